The van der Waals surface area contributed by atoms with Gasteiger partial charge in [-0.3, -0.25) is 9.52 Å². The highest BCUT2D eigenvalue weighted by molar-refractivity contribution is 7.92. The molecule has 0 aliphatic carbocycles. The number of aromatic nitrogens is 2. The Balaban J connectivity index is 1.99. The highest BCUT2D eigenvalue weighted by Crippen LogP contribution is 2.30. The van der Waals surface area contributed by atoms with Gasteiger partial charge in [0, 0.05) is 5.92 Å². The molecule has 31 heavy (non-hydrogen) atoms. The Morgan fingerprint density at radius 2 is 1.90 bits per heavy atom. The number of carboxylic acid groups (broad SMARTS) is 1. The van der Waals surface area contributed by atoms with E-state index in [1.165, 1.54) is 12.1 Å². The molecule has 166 valence electrons. The average molecular weight is 448 g/mol. The number of unbranched alkanes of at least 4 members (excludes halogenated alkanes) is 1. The fourth-order valence-corrected chi connectivity index (χ4v) is 4.67. The quantitative estimate of drug-likeness (QED) is 0.467. The zero-order chi connectivity index (χ0) is 22.6. The molecule has 0 bridgehead atoms. The van der Waals surface area contributed by atoms with E-state index in [9.17, 15) is 22.7 Å². The van der Waals surface area contributed by atoms with E-state index in [2.05, 4.69) is 16.6 Å². The summed E-state index contributed by atoms with van der Waals surface area (Å²) in [5, 5.41) is 9.39. The van der Waals surface area contributed by atoms with Crippen molar-refractivity contribution < 1.29 is 22.7 Å². The van der Waals surface area contributed by atoms with Crippen molar-refractivity contribution in [1.82, 2.24) is 9.55 Å². The number of benzene rings is 2. The van der Waals surface area contributed by atoms with Gasteiger partial charge >= 0.3 is 5.97 Å². The van der Waals surface area contributed by atoms with Gasteiger partial charge in [-0.15, -0.1) is 0 Å². The van der Waals surface area contributed by atoms with E-state index < -0.39 is 21.8 Å². The molecule has 3 rings (SSSR count). The van der Waals surface area contributed by atoms with Gasteiger partial charge in [-0.2, -0.15) is 0 Å². The number of carboxylic acids is 1. The van der Waals surface area contributed by atoms with Crippen LogP contribution in [0.3, 0.4) is 0 Å². The minimum atomic E-state index is -3.90. The maximum absolute atomic E-state index is 13.1. The molecule has 0 spiro atoms. The lowest BCUT2D eigenvalue weighted by Crippen LogP contribution is -2.15. The summed E-state index contributed by atoms with van der Waals surface area (Å²) < 4.78 is 42.5. The molecule has 1 heterocycles. The Hall–Kier alpha value is -2.94. The summed E-state index contributed by atoms with van der Waals surface area (Å²) in [5.41, 5.74) is 1.45. The molecule has 0 aliphatic rings. The number of rotatable bonds is 10. The van der Waals surface area contributed by atoms with Gasteiger partial charge in [-0.25, -0.2) is 17.8 Å². The predicted molar refractivity (Wildman–Crippen MR) is 117 cm³/mol. The Kier molecular flexibility index (Phi) is 6.94. The summed E-state index contributed by atoms with van der Waals surface area (Å²) in [5.74, 6) is -0.671. The van der Waals surface area contributed by atoms with Crippen LogP contribution in [0.4, 0.5) is 10.1 Å². The number of imidazole rings is 1. The molecule has 0 aliphatic heterocycles. The van der Waals surface area contributed by atoms with Crippen LogP contribution in [0.25, 0.3) is 11.0 Å². The Labute approximate surface area is 181 Å². The summed E-state index contributed by atoms with van der Waals surface area (Å²) >= 11 is 0. The van der Waals surface area contributed by atoms with Crippen molar-refractivity contribution >= 4 is 32.7 Å². The van der Waals surface area contributed by atoms with Crippen molar-refractivity contribution in [2.75, 3.05) is 4.72 Å². The van der Waals surface area contributed by atoms with E-state index >= 15 is 0 Å². The molecular formula is C22H26FN3O4S. The third-order valence-corrected chi connectivity index (χ3v) is 6.61. The summed E-state index contributed by atoms with van der Waals surface area (Å²) in [6.45, 7) is 3.94. The lowest BCUT2D eigenvalue weighted by molar-refractivity contribution is -0.137. The van der Waals surface area contributed by atoms with E-state index in [0.717, 1.165) is 37.8 Å². The van der Waals surface area contributed by atoms with Crippen molar-refractivity contribution in [1.29, 1.82) is 0 Å². The molecule has 0 saturated carbocycles. The van der Waals surface area contributed by atoms with Crippen LogP contribution in [0.2, 0.25) is 0 Å². The van der Waals surface area contributed by atoms with Crippen LogP contribution in [-0.2, 0) is 21.4 Å². The fourth-order valence-electron chi connectivity index (χ4n) is 3.62. The number of hydrogen-bond acceptors (Lipinski definition) is 4. The molecule has 3 aromatic rings. The van der Waals surface area contributed by atoms with E-state index in [1.807, 2.05) is 6.92 Å². The number of hydrogen-bond donors (Lipinski definition) is 2. The Morgan fingerprint density at radius 3 is 2.52 bits per heavy atom. The molecule has 2 aromatic carbocycles. The summed E-state index contributed by atoms with van der Waals surface area (Å²) in [6, 6.07) is 9.37. The molecule has 0 amide bonds. The van der Waals surface area contributed by atoms with Gasteiger partial charge < -0.3 is 9.67 Å². The largest absolute Gasteiger partial charge is 0.480 e. The number of halogens is 1. The molecular weight excluding hydrogens is 421 g/mol. The predicted octanol–water partition coefficient (Wildman–Crippen LogP) is 4.74. The molecule has 1 unspecified atom stereocenters. The van der Waals surface area contributed by atoms with Crippen LogP contribution in [0.15, 0.2) is 47.4 Å². The van der Waals surface area contributed by atoms with Crippen molar-refractivity contribution in [3.05, 3.63) is 54.1 Å². The summed E-state index contributed by atoms with van der Waals surface area (Å²) in [4.78, 5) is 16.1. The number of nitrogens with one attached hydrogen (secondary N) is 1. The molecule has 2 N–H and O–H groups in total. The summed E-state index contributed by atoms with van der Waals surface area (Å²) in [6.07, 6.45) is 3.77. The molecule has 7 nitrogen and oxygen atoms in total. The molecule has 0 saturated heterocycles. The van der Waals surface area contributed by atoms with Crippen LogP contribution in [0, 0.1) is 5.82 Å². The third kappa shape index (κ3) is 5.22. The molecule has 9 heteroatoms. The number of aliphatic carboxylic acids is 1. The van der Waals surface area contributed by atoms with Crippen molar-refractivity contribution in [2.45, 2.75) is 56.9 Å². The first-order valence-corrected chi connectivity index (χ1v) is 11.7. The van der Waals surface area contributed by atoms with Gasteiger partial charge in [-0.1, -0.05) is 26.7 Å². The lowest BCUT2D eigenvalue weighted by Gasteiger charge is -2.15. The van der Waals surface area contributed by atoms with Gasteiger partial charge in [0.1, 0.15) is 18.2 Å². The maximum atomic E-state index is 13.1. The third-order valence-electron chi connectivity index (χ3n) is 5.21. The minimum absolute atomic E-state index is 0.0586. The second-order valence-electron chi connectivity index (χ2n) is 7.46. The van der Waals surface area contributed by atoms with E-state index in [-0.39, 0.29) is 17.4 Å². The van der Waals surface area contributed by atoms with E-state index in [0.29, 0.717) is 22.5 Å². The van der Waals surface area contributed by atoms with Crippen molar-refractivity contribution in [2.24, 2.45) is 0 Å². The van der Waals surface area contributed by atoms with Crippen LogP contribution < -0.4 is 4.72 Å². The Bertz CT molecular complexity index is 1170. The first kappa shape index (κ1) is 22.7. The van der Waals surface area contributed by atoms with Crippen LogP contribution >= 0.6 is 0 Å². The van der Waals surface area contributed by atoms with Gasteiger partial charge in [0.15, 0.2) is 0 Å². The highest BCUT2D eigenvalue weighted by Gasteiger charge is 2.21. The fraction of sp³-hybridized carbons (Fsp3) is 0.364. The van der Waals surface area contributed by atoms with Crippen molar-refractivity contribution in [3.63, 3.8) is 0 Å². The number of nitrogens with zero attached hydrogens (tertiary/aromatic N) is 2. The van der Waals surface area contributed by atoms with Gasteiger partial charge in [-0.05, 0) is 55.3 Å². The van der Waals surface area contributed by atoms with E-state index in [1.54, 1.807) is 22.8 Å². The van der Waals surface area contributed by atoms with Crippen molar-refractivity contribution in [3.8, 4) is 0 Å². The normalized spacial score (nSPS) is 12.7. The van der Waals surface area contributed by atoms with Gasteiger partial charge in [0.25, 0.3) is 10.0 Å². The Morgan fingerprint density at radius 1 is 1.19 bits per heavy atom. The second kappa shape index (κ2) is 9.47. The zero-order valence-electron chi connectivity index (χ0n) is 17.5. The standard InChI is InChI=1S/C22H26FN3O4S/c1-3-5-6-15(4-2)22-24-19-13-17(9-12-20(19)26(22)14-21(27)28)25-31(29,30)18-10-7-16(23)8-11-18/h7-13,15,25H,3-6,14H2,1-2H3,(H,27,28). The smallest absolute Gasteiger partial charge is 0.323 e. The molecule has 0 fully saturated rings. The number of carbonyl (C=O) groups is 1. The van der Waals surface area contributed by atoms with Crippen LogP contribution in [0.5, 0.6) is 0 Å². The minimum Gasteiger partial charge on any atom is -0.480 e. The topological polar surface area (TPSA) is 101 Å². The monoisotopic (exact) mass is 447 g/mol. The van der Waals surface area contributed by atoms with Gasteiger partial charge in [0.2, 0.25) is 0 Å². The zero-order valence-corrected chi connectivity index (χ0v) is 18.3. The van der Waals surface area contributed by atoms with Crippen LogP contribution in [0.1, 0.15) is 51.3 Å². The molecule has 0 radical (unpaired) electrons. The first-order valence-electron chi connectivity index (χ1n) is 10.3. The number of sulfonamides is 1. The first-order chi connectivity index (χ1) is 14.7. The number of fused-ring (bicyclic) bond motifs is 1. The molecule has 1 aromatic heterocycles. The lowest BCUT2D eigenvalue weighted by atomic mass is 9.98. The average Bonchev–Trinajstić information content (AvgIpc) is 3.05. The van der Waals surface area contributed by atoms with Crippen LogP contribution in [-0.4, -0.2) is 29.0 Å². The highest BCUT2D eigenvalue weighted by atomic mass is 32.2. The number of anilines is 1. The van der Waals surface area contributed by atoms with Gasteiger partial charge in [0.05, 0.1) is 21.6 Å². The van der Waals surface area contributed by atoms with E-state index in [4.69, 9.17) is 0 Å². The molecule has 1 atom stereocenters. The maximum Gasteiger partial charge on any atom is 0.323 e. The summed E-state index contributed by atoms with van der Waals surface area (Å²) in [7, 11) is -3.90. The SMILES string of the molecule is CCCCC(CC)c1nc2cc(NS(=O)(=O)c3ccc(F)cc3)ccc2n1CC(=O)O. The second-order valence-corrected chi connectivity index (χ2v) is 9.14.